The van der Waals surface area contributed by atoms with Crippen LogP contribution in [-0.4, -0.2) is 19.9 Å². The number of amides is 1. The first-order chi connectivity index (χ1) is 8.62. The molecule has 0 atom stereocenters. The third kappa shape index (κ3) is 3.30. The van der Waals surface area contributed by atoms with Gasteiger partial charge < -0.3 is 5.32 Å². The zero-order valence-electron chi connectivity index (χ0n) is 10.5. The van der Waals surface area contributed by atoms with Crippen molar-refractivity contribution in [2.75, 3.05) is 0 Å². The molecule has 0 bridgehead atoms. The molecule has 0 aromatic heterocycles. The molecular weight excluding hydrogens is 354 g/mol. The number of nitrogens with one attached hydrogen (secondary N) is 1. The Morgan fingerprint density at radius 1 is 1.42 bits per heavy atom. The van der Waals surface area contributed by atoms with Gasteiger partial charge in [0.15, 0.2) is 0 Å². The summed E-state index contributed by atoms with van der Waals surface area (Å²) in [5.41, 5.74) is 0.846. The highest BCUT2D eigenvalue weighted by Crippen LogP contribution is 2.35. The molecule has 0 heterocycles. The molecule has 104 valence electrons. The maximum absolute atomic E-state index is 12.2. The van der Waals surface area contributed by atoms with Crippen LogP contribution < -0.4 is 5.32 Å². The molecule has 19 heavy (non-hydrogen) atoms. The lowest BCUT2D eigenvalue weighted by atomic mass is 10.1. The lowest BCUT2D eigenvalue weighted by Gasteiger charge is -2.14. The van der Waals surface area contributed by atoms with Crippen LogP contribution in [0.3, 0.4) is 0 Å². The van der Waals surface area contributed by atoms with Crippen molar-refractivity contribution in [3.05, 3.63) is 27.7 Å². The average molecular weight is 367 g/mol. The zero-order valence-corrected chi connectivity index (χ0v) is 13.6. The second-order valence-electron chi connectivity index (χ2n) is 5.03. The van der Waals surface area contributed by atoms with Crippen molar-refractivity contribution in [3.8, 4) is 0 Å². The third-order valence-corrected chi connectivity index (χ3v) is 5.42. The SMILES string of the molecule is Cc1c(Br)cc(S(=O)(=O)Cl)cc1C(=O)NC1(C)CC1. The van der Waals surface area contributed by atoms with Crippen molar-refractivity contribution < 1.29 is 13.2 Å². The standard InChI is InChI=1S/C12H13BrClNO3S/c1-7-9(11(16)15-12(2)3-4-12)5-8(6-10(7)13)19(14,17)18/h5-6H,3-4H2,1-2H3,(H,15,16). The molecule has 1 fully saturated rings. The molecule has 1 amide bonds. The average Bonchev–Trinajstić information content (AvgIpc) is 2.98. The Labute approximate surface area is 125 Å². The van der Waals surface area contributed by atoms with Gasteiger partial charge in [0, 0.05) is 26.3 Å². The van der Waals surface area contributed by atoms with Crippen molar-refractivity contribution in [1.82, 2.24) is 5.32 Å². The fourth-order valence-corrected chi connectivity index (χ4v) is 3.08. The highest BCUT2D eigenvalue weighted by atomic mass is 79.9. The Hall–Kier alpha value is -0.590. The highest BCUT2D eigenvalue weighted by Gasteiger charge is 2.39. The van der Waals surface area contributed by atoms with Crippen LogP contribution in [0.2, 0.25) is 0 Å². The monoisotopic (exact) mass is 365 g/mol. The summed E-state index contributed by atoms with van der Waals surface area (Å²) in [6, 6.07) is 2.71. The molecule has 0 unspecified atom stereocenters. The van der Waals surface area contributed by atoms with Gasteiger partial charge in [0.2, 0.25) is 0 Å². The second-order valence-corrected chi connectivity index (χ2v) is 8.45. The van der Waals surface area contributed by atoms with E-state index in [2.05, 4.69) is 21.2 Å². The zero-order chi connectivity index (χ0) is 14.4. The quantitative estimate of drug-likeness (QED) is 0.837. The Morgan fingerprint density at radius 2 is 2.00 bits per heavy atom. The molecule has 2 rings (SSSR count). The highest BCUT2D eigenvalue weighted by molar-refractivity contribution is 9.10. The molecule has 1 aliphatic carbocycles. The van der Waals surface area contributed by atoms with E-state index in [4.69, 9.17) is 10.7 Å². The molecule has 7 heteroatoms. The summed E-state index contributed by atoms with van der Waals surface area (Å²) in [4.78, 5) is 12.1. The van der Waals surface area contributed by atoms with E-state index < -0.39 is 9.05 Å². The summed E-state index contributed by atoms with van der Waals surface area (Å²) in [5.74, 6) is -0.277. The number of halogens is 2. The first kappa shape index (κ1) is 14.8. The Morgan fingerprint density at radius 3 is 2.47 bits per heavy atom. The molecule has 0 aliphatic heterocycles. The van der Waals surface area contributed by atoms with Gasteiger partial charge in [0.1, 0.15) is 0 Å². The number of carbonyl (C=O) groups is 1. The van der Waals surface area contributed by atoms with Crippen LogP contribution in [-0.2, 0) is 9.05 Å². The number of benzene rings is 1. The van der Waals surface area contributed by atoms with E-state index in [-0.39, 0.29) is 16.3 Å². The summed E-state index contributed by atoms with van der Waals surface area (Å²) >= 11 is 3.25. The minimum absolute atomic E-state index is 0.0854. The lowest BCUT2D eigenvalue weighted by molar-refractivity contribution is 0.0934. The van der Waals surface area contributed by atoms with E-state index >= 15 is 0 Å². The molecule has 1 aliphatic rings. The first-order valence-electron chi connectivity index (χ1n) is 5.70. The first-order valence-corrected chi connectivity index (χ1v) is 8.80. The summed E-state index contributed by atoms with van der Waals surface area (Å²) in [5, 5.41) is 2.90. The van der Waals surface area contributed by atoms with Crippen LogP contribution in [0.25, 0.3) is 0 Å². The molecule has 1 N–H and O–H groups in total. The van der Waals surface area contributed by atoms with Gasteiger partial charge in [-0.2, -0.15) is 0 Å². The molecule has 0 radical (unpaired) electrons. The Balaban J connectivity index is 2.44. The van der Waals surface area contributed by atoms with Gasteiger partial charge in [-0.25, -0.2) is 8.42 Å². The molecule has 4 nitrogen and oxygen atoms in total. The maximum Gasteiger partial charge on any atom is 0.261 e. The lowest BCUT2D eigenvalue weighted by Crippen LogP contribution is -2.34. The molecule has 0 saturated heterocycles. The van der Waals surface area contributed by atoms with Crippen molar-refractivity contribution in [3.63, 3.8) is 0 Å². The molecule has 1 saturated carbocycles. The number of hydrogen-bond acceptors (Lipinski definition) is 3. The van der Waals surface area contributed by atoms with Crippen LogP contribution in [0.5, 0.6) is 0 Å². The smallest absolute Gasteiger partial charge is 0.261 e. The van der Waals surface area contributed by atoms with Crippen LogP contribution in [0.4, 0.5) is 0 Å². The predicted octanol–water partition coefficient (Wildman–Crippen LogP) is 2.97. The second kappa shape index (κ2) is 4.75. The van der Waals surface area contributed by atoms with Gasteiger partial charge in [-0.15, -0.1) is 0 Å². The van der Waals surface area contributed by atoms with Gasteiger partial charge in [0.05, 0.1) is 4.90 Å². The van der Waals surface area contributed by atoms with Gasteiger partial charge in [-0.3, -0.25) is 4.79 Å². The minimum atomic E-state index is -3.86. The molecule has 1 aromatic carbocycles. The molecular formula is C12H13BrClNO3S. The van der Waals surface area contributed by atoms with Gasteiger partial charge in [-0.1, -0.05) is 15.9 Å². The van der Waals surface area contributed by atoms with E-state index in [1.165, 1.54) is 12.1 Å². The van der Waals surface area contributed by atoms with E-state index in [9.17, 15) is 13.2 Å². The van der Waals surface area contributed by atoms with Crippen molar-refractivity contribution in [2.45, 2.75) is 37.1 Å². The predicted molar refractivity (Wildman–Crippen MR) is 77.0 cm³/mol. The largest absolute Gasteiger partial charge is 0.347 e. The van der Waals surface area contributed by atoms with E-state index in [0.29, 0.717) is 15.6 Å². The van der Waals surface area contributed by atoms with E-state index in [1.807, 2.05) is 6.92 Å². The Kier molecular flexibility index (Phi) is 3.70. The van der Waals surface area contributed by atoms with E-state index in [0.717, 1.165) is 12.8 Å². The summed E-state index contributed by atoms with van der Waals surface area (Å²) in [7, 11) is 1.46. The van der Waals surface area contributed by atoms with Crippen molar-refractivity contribution in [2.24, 2.45) is 0 Å². The number of rotatable bonds is 3. The van der Waals surface area contributed by atoms with Crippen LogP contribution in [0.1, 0.15) is 35.7 Å². The normalized spacial score (nSPS) is 17.1. The van der Waals surface area contributed by atoms with Gasteiger partial charge in [0.25, 0.3) is 15.0 Å². The van der Waals surface area contributed by atoms with Gasteiger partial charge >= 0.3 is 0 Å². The maximum atomic E-state index is 12.2. The molecule has 1 aromatic rings. The Bertz CT molecular complexity index is 653. The van der Waals surface area contributed by atoms with Crippen LogP contribution >= 0.6 is 26.6 Å². The molecule has 0 spiro atoms. The van der Waals surface area contributed by atoms with Gasteiger partial charge in [-0.05, 0) is 44.4 Å². The van der Waals surface area contributed by atoms with E-state index in [1.54, 1.807) is 6.92 Å². The third-order valence-electron chi connectivity index (χ3n) is 3.26. The number of hydrogen-bond donors (Lipinski definition) is 1. The topological polar surface area (TPSA) is 63.2 Å². The van der Waals surface area contributed by atoms with Crippen LogP contribution in [0.15, 0.2) is 21.5 Å². The van der Waals surface area contributed by atoms with Crippen molar-refractivity contribution >= 4 is 41.6 Å². The number of carbonyl (C=O) groups excluding carboxylic acids is 1. The summed E-state index contributed by atoms with van der Waals surface area (Å²) in [6.07, 6.45) is 1.87. The van der Waals surface area contributed by atoms with Crippen molar-refractivity contribution in [1.29, 1.82) is 0 Å². The fraction of sp³-hybridized carbons (Fsp3) is 0.417. The van der Waals surface area contributed by atoms with Crippen LogP contribution in [0, 0.1) is 6.92 Å². The fourth-order valence-electron chi connectivity index (χ4n) is 1.68. The minimum Gasteiger partial charge on any atom is -0.347 e. The summed E-state index contributed by atoms with van der Waals surface area (Å²) in [6.45, 7) is 3.70. The summed E-state index contributed by atoms with van der Waals surface area (Å²) < 4.78 is 23.3.